The van der Waals surface area contributed by atoms with Crippen molar-refractivity contribution in [2.75, 3.05) is 0 Å². The quantitative estimate of drug-likeness (QED) is 0.930. The number of carboxylic acid groups (broad SMARTS) is 1. The summed E-state index contributed by atoms with van der Waals surface area (Å²) in [5, 5.41) is 7.66. The lowest BCUT2D eigenvalue weighted by Crippen LogP contribution is -2.22. The zero-order valence-corrected chi connectivity index (χ0v) is 10.7. The standard InChI is InChI=1S/C14H12O4S/c15-14(16)13(11-7-3-1-4-8-11)19(17,18)12-9-5-2-6-10-12/h1-10,13H,(H,15,16)/t13-/m0/s1. The fourth-order valence-electron chi connectivity index (χ4n) is 1.83. The lowest BCUT2D eigenvalue weighted by molar-refractivity contribution is -0.136. The van der Waals surface area contributed by atoms with E-state index in [1.54, 1.807) is 36.4 Å². The van der Waals surface area contributed by atoms with E-state index >= 15 is 0 Å². The highest BCUT2D eigenvalue weighted by atomic mass is 32.2. The summed E-state index contributed by atoms with van der Waals surface area (Å²) in [4.78, 5) is 11.3. The first-order chi connectivity index (χ1) is 9.03. The predicted octanol–water partition coefficient (Wildman–Crippen LogP) is 2.29. The van der Waals surface area contributed by atoms with Crippen LogP contribution in [0.15, 0.2) is 65.6 Å². The van der Waals surface area contributed by atoms with Gasteiger partial charge < -0.3 is 5.11 Å². The molecule has 0 unspecified atom stereocenters. The molecule has 19 heavy (non-hydrogen) atoms. The van der Waals surface area contributed by atoms with Gasteiger partial charge in [-0.3, -0.25) is 4.79 Å². The Balaban J connectivity index is 2.55. The van der Waals surface area contributed by atoms with Gasteiger partial charge in [-0.1, -0.05) is 48.5 Å². The highest BCUT2D eigenvalue weighted by Crippen LogP contribution is 2.28. The second-order valence-electron chi connectivity index (χ2n) is 3.99. The molecule has 1 atom stereocenters. The number of sulfone groups is 1. The van der Waals surface area contributed by atoms with Gasteiger partial charge in [0, 0.05) is 0 Å². The van der Waals surface area contributed by atoms with Crippen LogP contribution >= 0.6 is 0 Å². The highest BCUT2D eigenvalue weighted by Gasteiger charge is 2.35. The van der Waals surface area contributed by atoms with E-state index in [2.05, 4.69) is 0 Å². The number of hydrogen-bond donors (Lipinski definition) is 1. The van der Waals surface area contributed by atoms with E-state index in [-0.39, 0.29) is 10.5 Å². The Bertz CT molecular complexity index is 663. The largest absolute Gasteiger partial charge is 0.480 e. The molecule has 0 aliphatic carbocycles. The maximum absolute atomic E-state index is 12.4. The van der Waals surface area contributed by atoms with Crippen molar-refractivity contribution in [2.45, 2.75) is 10.1 Å². The summed E-state index contributed by atoms with van der Waals surface area (Å²) >= 11 is 0. The van der Waals surface area contributed by atoms with Crippen LogP contribution in [0, 0.1) is 0 Å². The van der Waals surface area contributed by atoms with Gasteiger partial charge in [-0.2, -0.15) is 0 Å². The van der Waals surface area contributed by atoms with Crippen LogP contribution in [-0.4, -0.2) is 19.5 Å². The molecule has 98 valence electrons. The molecule has 2 rings (SSSR count). The molecule has 0 spiro atoms. The van der Waals surface area contributed by atoms with Crippen LogP contribution in [0.3, 0.4) is 0 Å². The summed E-state index contributed by atoms with van der Waals surface area (Å²) in [6.45, 7) is 0. The molecule has 2 aromatic rings. The Labute approximate surface area is 111 Å². The Hall–Kier alpha value is -2.14. The van der Waals surface area contributed by atoms with E-state index in [4.69, 9.17) is 0 Å². The van der Waals surface area contributed by atoms with Gasteiger partial charge in [0.25, 0.3) is 0 Å². The third-order valence-electron chi connectivity index (χ3n) is 2.71. The van der Waals surface area contributed by atoms with Crippen molar-refractivity contribution in [3.63, 3.8) is 0 Å². The average molecular weight is 276 g/mol. The van der Waals surface area contributed by atoms with Gasteiger partial charge in [-0.25, -0.2) is 8.42 Å². The topological polar surface area (TPSA) is 71.4 Å². The Kier molecular flexibility index (Phi) is 3.66. The van der Waals surface area contributed by atoms with Crippen molar-refractivity contribution in [3.8, 4) is 0 Å². The van der Waals surface area contributed by atoms with E-state index in [9.17, 15) is 18.3 Å². The Morgan fingerprint density at radius 2 is 1.37 bits per heavy atom. The van der Waals surface area contributed by atoms with Gasteiger partial charge in [-0.15, -0.1) is 0 Å². The second-order valence-corrected chi connectivity index (χ2v) is 6.02. The van der Waals surface area contributed by atoms with E-state index in [0.717, 1.165) is 0 Å². The summed E-state index contributed by atoms with van der Waals surface area (Å²) in [5.41, 5.74) is 0.249. The van der Waals surface area contributed by atoms with Crippen molar-refractivity contribution >= 4 is 15.8 Å². The number of carboxylic acids is 1. The lowest BCUT2D eigenvalue weighted by Gasteiger charge is -2.13. The zero-order chi connectivity index (χ0) is 13.9. The number of rotatable bonds is 4. The van der Waals surface area contributed by atoms with Crippen LogP contribution in [0.4, 0.5) is 0 Å². The summed E-state index contributed by atoms with van der Waals surface area (Å²) in [6.07, 6.45) is 0. The third kappa shape index (κ3) is 2.66. The molecule has 0 saturated carbocycles. The second kappa shape index (κ2) is 5.24. The summed E-state index contributed by atoms with van der Waals surface area (Å²) in [5.74, 6) is -1.38. The molecule has 4 nitrogen and oxygen atoms in total. The maximum Gasteiger partial charge on any atom is 0.326 e. The smallest absolute Gasteiger partial charge is 0.326 e. The van der Waals surface area contributed by atoms with E-state index < -0.39 is 21.1 Å². The first kappa shape index (κ1) is 13.3. The average Bonchev–Trinajstić information content (AvgIpc) is 2.40. The van der Waals surface area contributed by atoms with Crippen LogP contribution in [0.2, 0.25) is 0 Å². The molecule has 5 heteroatoms. The van der Waals surface area contributed by atoms with Crippen molar-refractivity contribution in [1.29, 1.82) is 0 Å². The fraction of sp³-hybridized carbons (Fsp3) is 0.0714. The van der Waals surface area contributed by atoms with Gasteiger partial charge in [0.15, 0.2) is 15.1 Å². The minimum atomic E-state index is -3.95. The van der Waals surface area contributed by atoms with Crippen LogP contribution in [0.1, 0.15) is 10.8 Å². The Morgan fingerprint density at radius 1 is 0.895 bits per heavy atom. The molecule has 0 fully saturated rings. The fourth-order valence-corrected chi connectivity index (χ4v) is 3.42. The van der Waals surface area contributed by atoms with Gasteiger partial charge in [0.2, 0.25) is 0 Å². The maximum atomic E-state index is 12.4. The third-order valence-corrected chi connectivity index (χ3v) is 4.73. The molecule has 0 aliphatic heterocycles. The van der Waals surface area contributed by atoms with Crippen molar-refractivity contribution in [3.05, 3.63) is 66.2 Å². The van der Waals surface area contributed by atoms with Gasteiger partial charge in [0.1, 0.15) is 0 Å². The van der Waals surface area contributed by atoms with Gasteiger partial charge >= 0.3 is 5.97 Å². The first-order valence-electron chi connectivity index (χ1n) is 5.60. The Morgan fingerprint density at radius 3 is 1.84 bits per heavy atom. The zero-order valence-electron chi connectivity index (χ0n) is 9.93. The first-order valence-corrected chi connectivity index (χ1v) is 7.15. The molecule has 0 amide bonds. The minimum Gasteiger partial charge on any atom is -0.480 e. The lowest BCUT2D eigenvalue weighted by atomic mass is 10.1. The molecular weight excluding hydrogens is 264 g/mol. The van der Waals surface area contributed by atoms with E-state index in [1.165, 1.54) is 24.3 Å². The molecular formula is C14H12O4S. The summed E-state index contributed by atoms with van der Waals surface area (Å²) in [6, 6.07) is 15.5. The summed E-state index contributed by atoms with van der Waals surface area (Å²) in [7, 11) is -3.95. The van der Waals surface area contributed by atoms with Crippen LogP contribution in [0.25, 0.3) is 0 Å². The molecule has 0 aromatic heterocycles. The molecule has 0 aliphatic rings. The van der Waals surface area contributed by atoms with Crippen LogP contribution < -0.4 is 0 Å². The molecule has 2 aromatic carbocycles. The van der Waals surface area contributed by atoms with Crippen molar-refractivity contribution in [2.24, 2.45) is 0 Å². The molecule has 0 bridgehead atoms. The van der Waals surface area contributed by atoms with E-state index in [0.29, 0.717) is 0 Å². The number of benzene rings is 2. The molecule has 0 saturated heterocycles. The van der Waals surface area contributed by atoms with Gasteiger partial charge in [-0.05, 0) is 17.7 Å². The minimum absolute atomic E-state index is 0.00579. The monoisotopic (exact) mass is 276 g/mol. The highest BCUT2D eigenvalue weighted by molar-refractivity contribution is 7.92. The molecule has 0 heterocycles. The van der Waals surface area contributed by atoms with Gasteiger partial charge in [0.05, 0.1) is 4.90 Å². The SMILES string of the molecule is O=C(O)[C@H](c1ccccc1)S(=O)(=O)c1ccccc1. The van der Waals surface area contributed by atoms with Crippen molar-refractivity contribution in [1.82, 2.24) is 0 Å². The van der Waals surface area contributed by atoms with Crippen LogP contribution in [0.5, 0.6) is 0 Å². The predicted molar refractivity (Wildman–Crippen MR) is 70.4 cm³/mol. The normalized spacial score (nSPS) is 12.8. The number of aliphatic carboxylic acids is 1. The number of carbonyl (C=O) groups is 1. The number of hydrogen-bond acceptors (Lipinski definition) is 3. The van der Waals surface area contributed by atoms with E-state index in [1.807, 2.05) is 0 Å². The van der Waals surface area contributed by atoms with Crippen molar-refractivity contribution < 1.29 is 18.3 Å². The summed E-state index contributed by atoms with van der Waals surface area (Å²) < 4.78 is 24.8. The van der Waals surface area contributed by atoms with Crippen LogP contribution in [-0.2, 0) is 14.6 Å². The molecule has 0 radical (unpaired) electrons. The molecule has 1 N–H and O–H groups in total.